The zero-order valence-corrected chi connectivity index (χ0v) is 8.14. The topological polar surface area (TPSA) is 70.0 Å². The van der Waals surface area contributed by atoms with Crippen LogP contribution in [0.1, 0.15) is 30.5 Å². The van der Waals surface area contributed by atoms with E-state index in [1.54, 1.807) is 18.2 Å². The Morgan fingerprint density at radius 1 is 1.50 bits per heavy atom. The molecule has 14 heavy (non-hydrogen) atoms. The van der Waals surface area contributed by atoms with Crippen molar-refractivity contribution in [1.82, 2.24) is 0 Å². The zero-order valence-electron chi connectivity index (χ0n) is 8.14. The summed E-state index contributed by atoms with van der Waals surface area (Å²) in [6.07, 6.45) is -0.00880. The predicted molar refractivity (Wildman–Crippen MR) is 54.4 cm³/mol. The molecule has 0 fully saturated rings. The van der Waals surface area contributed by atoms with E-state index >= 15 is 0 Å². The SMILES string of the molecule is CC[C@@H](O)[C@@H](N)c1ccccc1C#N. The van der Waals surface area contributed by atoms with Crippen molar-refractivity contribution in [3.63, 3.8) is 0 Å². The molecule has 1 rings (SSSR count). The second-order valence-corrected chi connectivity index (χ2v) is 3.20. The highest BCUT2D eigenvalue weighted by atomic mass is 16.3. The van der Waals surface area contributed by atoms with Gasteiger partial charge in [0.05, 0.1) is 23.8 Å². The van der Waals surface area contributed by atoms with Gasteiger partial charge in [0.15, 0.2) is 0 Å². The van der Waals surface area contributed by atoms with Gasteiger partial charge in [0.2, 0.25) is 0 Å². The van der Waals surface area contributed by atoms with Gasteiger partial charge in [-0.25, -0.2) is 0 Å². The van der Waals surface area contributed by atoms with E-state index in [1.807, 2.05) is 13.0 Å². The Kier molecular flexibility index (Phi) is 3.63. The third-order valence-corrected chi connectivity index (χ3v) is 2.27. The smallest absolute Gasteiger partial charge is 0.0995 e. The molecule has 74 valence electrons. The summed E-state index contributed by atoms with van der Waals surface area (Å²) >= 11 is 0. The molecule has 0 aromatic heterocycles. The average Bonchev–Trinajstić information content (AvgIpc) is 2.26. The van der Waals surface area contributed by atoms with Gasteiger partial charge in [-0.3, -0.25) is 0 Å². The number of nitriles is 1. The first-order valence-electron chi connectivity index (χ1n) is 4.63. The Balaban J connectivity index is 3.01. The van der Waals surface area contributed by atoms with E-state index in [-0.39, 0.29) is 0 Å². The maximum Gasteiger partial charge on any atom is 0.0995 e. The first-order chi connectivity index (χ1) is 6.70. The average molecular weight is 190 g/mol. The Morgan fingerprint density at radius 2 is 2.14 bits per heavy atom. The third kappa shape index (κ3) is 2.11. The molecule has 0 aliphatic rings. The van der Waals surface area contributed by atoms with Gasteiger partial charge in [0.1, 0.15) is 0 Å². The third-order valence-electron chi connectivity index (χ3n) is 2.27. The molecule has 0 aliphatic carbocycles. The summed E-state index contributed by atoms with van der Waals surface area (Å²) in [6, 6.07) is 8.68. The van der Waals surface area contributed by atoms with Crippen molar-refractivity contribution in [3.8, 4) is 6.07 Å². The van der Waals surface area contributed by atoms with Crippen molar-refractivity contribution in [2.24, 2.45) is 5.73 Å². The van der Waals surface area contributed by atoms with Crippen LogP contribution in [0, 0.1) is 11.3 Å². The van der Waals surface area contributed by atoms with Crippen molar-refractivity contribution < 1.29 is 5.11 Å². The molecular weight excluding hydrogens is 176 g/mol. The van der Waals surface area contributed by atoms with Crippen LogP contribution in [0.4, 0.5) is 0 Å². The standard InChI is InChI=1S/C11H14N2O/c1-2-10(14)11(13)9-6-4-3-5-8(9)7-12/h3-6,10-11,14H,2,13H2,1H3/t10-,11+/m1/s1. The summed E-state index contributed by atoms with van der Waals surface area (Å²) < 4.78 is 0. The van der Waals surface area contributed by atoms with Crippen LogP contribution in [0.2, 0.25) is 0 Å². The second kappa shape index (κ2) is 4.75. The molecule has 1 aromatic rings. The van der Waals surface area contributed by atoms with Crippen molar-refractivity contribution >= 4 is 0 Å². The van der Waals surface area contributed by atoms with E-state index < -0.39 is 12.1 Å². The molecule has 0 saturated heterocycles. The zero-order chi connectivity index (χ0) is 10.6. The van der Waals surface area contributed by atoms with Crippen LogP contribution in [0.5, 0.6) is 0 Å². The van der Waals surface area contributed by atoms with Gasteiger partial charge >= 0.3 is 0 Å². The molecule has 0 amide bonds. The highest BCUT2D eigenvalue weighted by molar-refractivity contribution is 5.39. The lowest BCUT2D eigenvalue weighted by atomic mass is 9.96. The molecule has 2 atom stereocenters. The van der Waals surface area contributed by atoms with Crippen LogP contribution < -0.4 is 5.73 Å². The number of nitrogens with two attached hydrogens (primary N) is 1. The van der Waals surface area contributed by atoms with Gasteiger partial charge in [-0.1, -0.05) is 25.1 Å². The van der Waals surface area contributed by atoms with Gasteiger partial charge in [-0.2, -0.15) is 5.26 Å². The predicted octanol–water partition coefficient (Wildman–Crippen LogP) is 1.33. The molecule has 0 unspecified atom stereocenters. The largest absolute Gasteiger partial charge is 0.391 e. The quantitative estimate of drug-likeness (QED) is 0.755. The molecule has 0 spiro atoms. The molecule has 1 aromatic carbocycles. The summed E-state index contributed by atoms with van der Waals surface area (Å²) in [5.74, 6) is 0. The Morgan fingerprint density at radius 3 is 2.71 bits per heavy atom. The van der Waals surface area contributed by atoms with E-state index in [1.165, 1.54) is 0 Å². The molecule has 0 bridgehead atoms. The van der Waals surface area contributed by atoms with Crippen molar-refractivity contribution in [2.75, 3.05) is 0 Å². The highest BCUT2D eigenvalue weighted by Gasteiger charge is 2.17. The van der Waals surface area contributed by atoms with Gasteiger partial charge < -0.3 is 10.8 Å². The van der Waals surface area contributed by atoms with E-state index in [2.05, 4.69) is 6.07 Å². The minimum atomic E-state index is -0.593. The van der Waals surface area contributed by atoms with Gasteiger partial charge in [0.25, 0.3) is 0 Å². The number of nitrogens with zero attached hydrogens (tertiary/aromatic N) is 1. The summed E-state index contributed by atoms with van der Waals surface area (Å²) in [5.41, 5.74) is 7.07. The Labute approximate surface area is 83.8 Å². The Bertz CT molecular complexity index is 343. The fourth-order valence-electron chi connectivity index (χ4n) is 1.35. The monoisotopic (exact) mass is 190 g/mol. The lowest BCUT2D eigenvalue weighted by Crippen LogP contribution is -2.26. The van der Waals surface area contributed by atoms with Crippen LogP contribution in [0.3, 0.4) is 0 Å². The fourth-order valence-corrected chi connectivity index (χ4v) is 1.35. The number of hydrogen-bond donors (Lipinski definition) is 2. The van der Waals surface area contributed by atoms with Crippen molar-refractivity contribution in [1.29, 1.82) is 5.26 Å². The van der Waals surface area contributed by atoms with Crippen LogP contribution >= 0.6 is 0 Å². The maximum absolute atomic E-state index is 9.57. The van der Waals surface area contributed by atoms with Gasteiger partial charge in [-0.05, 0) is 18.1 Å². The molecular formula is C11H14N2O. The van der Waals surface area contributed by atoms with Crippen LogP contribution in [0.15, 0.2) is 24.3 Å². The first-order valence-corrected chi connectivity index (χ1v) is 4.63. The summed E-state index contributed by atoms with van der Waals surface area (Å²) in [4.78, 5) is 0. The fraction of sp³-hybridized carbons (Fsp3) is 0.364. The number of benzene rings is 1. The molecule has 3 heteroatoms. The molecule has 0 saturated carbocycles. The first kappa shape index (κ1) is 10.7. The van der Waals surface area contributed by atoms with E-state index in [4.69, 9.17) is 11.0 Å². The van der Waals surface area contributed by atoms with E-state index in [0.29, 0.717) is 17.5 Å². The van der Waals surface area contributed by atoms with Crippen LogP contribution in [-0.4, -0.2) is 11.2 Å². The number of hydrogen-bond acceptors (Lipinski definition) is 3. The lowest BCUT2D eigenvalue weighted by Gasteiger charge is -2.18. The lowest BCUT2D eigenvalue weighted by molar-refractivity contribution is 0.140. The molecule has 0 heterocycles. The summed E-state index contributed by atoms with van der Waals surface area (Å²) in [6.45, 7) is 1.86. The number of rotatable bonds is 3. The Hall–Kier alpha value is -1.37. The molecule has 0 aliphatic heterocycles. The van der Waals surface area contributed by atoms with Crippen molar-refractivity contribution in [2.45, 2.75) is 25.5 Å². The van der Waals surface area contributed by atoms with Crippen LogP contribution in [0.25, 0.3) is 0 Å². The molecule has 3 N–H and O–H groups in total. The van der Waals surface area contributed by atoms with Gasteiger partial charge in [-0.15, -0.1) is 0 Å². The van der Waals surface area contributed by atoms with Crippen molar-refractivity contribution in [3.05, 3.63) is 35.4 Å². The maximum atomic E-state index is 9.57. The number of aliphatic hydroxyl groups is 1. The van der Waals surface area contributed by atoms with Crippen LogP contribution in [-0.2, 0) is 0 Å². The van der Waals surface area contributed by atoms with E-state index in [9.17, 15) is 5.11 Å². The molecule has 3 nitrogen and oxygen atoms in total. The second-order valence-electron chi connectivity index (χ2n) is 3.20. The number of aliphatic hydroxyl groups excluding tert-OH is 1. The minimum absolute atomic E-state index is 0.476. The van der Waals surface area contributed by atoms with E-state index in [0.717, 1.165) is 0 Å². The highest BCUT2D eigenvalue weighted by Crippen LogP contribution is 2.19. The summed E-state index contributed by atoms with van der Waals surface area (Å²) in [7, 11) is 0. The van der Waals surface area contributed by atoms with Gasteiger partial charge in [0, 0.05) is 0 Å². The normalized spacial score (nSPS) is 14.4. The summed E-state index contributed by atoms with van der Waals surface area (Å²) in [5, 5.41) is 18.4. The minimum Gasteiger partial charge on any atom is -0.391 e. The molecule has 0 radical (unpaired) electrons.